The van der Waals surface area contributed by atoms with E-state index < -0.39 is 0 Å². The normalized spacial score (nSPS) is 15.3. The smallest absolute Gasteiger partial charge is 0.225 e. The van der Waals surface area contributed by atoms with E-state index in [0.29, 0.717) is 12.4 Å². The van der Waals surface area contributed by atoms with Crippen LogP contribution in [0, 0.1) is 0 Å². The van der Waals surface area contributed by atoms with Crippen LogP contribution in [0.2, 0.25) is 0 Å². The monoisotopic (exact) mass is 308 g/mol. The average molecular weight is 308 g/mol. The van der Waals surface area contributed by atoms with Crippen LogP contribution in [0.4, 0.5) is 5.82 Å². The lowest BCUT2D eigenvalue weighted by atomic mass is 9.84. The molecule has 0 aliphatic heterocycles. The van der Waals surface area contributed by atoms with Gasteiger partial charge in [0.2, 0.25) is 5.91 Å². The van der Waals surface area contributed by atoms with E-state index >= 15 is 0 Å². The highest BCUT2D eigenvalue weighted by molar-refractivity contribution is 5.90. The van der Waals surface area contributed by atoms with Gasteiger partial charge in [0.15, 0.2) is 0 Å². The van der Waals surface area contributed by atoms with Crippen molar-refractivity contribution in [3.05, 3.63) is 59.8 Å². The molecule has 0 atom stereocenters. The van der Waals surface area contributed by atoms with Crippen molar-refractivity contribution < 1.29 is 4.79 Å². The lowest BCUT2D eigenvalue weighted by Crippen LogP contribution is -2.28. The van der Waals surface area contributed by atoms with Crippen molar-refractivity contribution in [2.45, 2.75) is 51.5 Å². The summed E-state index contributed by atoms with van der Waals surface area (Å²) in [6.45, 7) is 2.16. The third-order valence-electron chi connectivity index (χ3n) is 4.70. The molecule has 1 aliphatic carbocycles. The second-order valence-corrected chi connectivity index (χ2v) is 6.37. The van der Waals surface area contributed by atoms with Gasteiger partial charge in [0, 0.05) is 13.1 Å². The van der Waals surface area contributed by atoms with E-state index in [1.54, 1.807) is 18.0 Å². The fourth-order valence-electron chi connectivity index (χ4n) is 3.38. The van der Waals surface area contributed by atoms with Gasteiger partial charge < -0.3 is 0 Å². The van der Waals surface area contributed by atoms with Crippen LogP contribution >= 0.6 is 0 Å². The molecule has 0 saturated heterocycles. The Morgan fingerprint density at radius 2 is 1.83 bits per heavy atom. The molecule has 1 fully saturated rings. The molecule has 1 aromatic heterocycles. The van der Waals surface area contributed by atoms with Crippen molar-refractivity contribution in [3.63, 3.8) is 0 Å². The van der Waals surface area contributed by atoms with Crippen molar-refractivity contribution in [2.75, 3.05) is 4.90 Å². The van der Waals surface area contributed by atoms with Crippen molar-refractivity contribution in [1.82, 2.24) is 4.98 Å². The summed E-state index contributed by atoms with van der Waals surface area (Å²) in [6.07, 6.45) is 8.43. The van der Waals surface area contributed by atoms with Crippen LogP contribution in [0.25, 0.3) is 0 Å². The van der Waals surface area contributed by atoms with Crippen LogP contribution in [0.5, 0.6) is 0 Å². The number of carbonyl (C=O) groups excluding carboxylic acids is 1. The maximum atomic E-state index is 11.9. The Morgan fingerprint density at radius 3 is 2.43 bits per heavy atom. The zero-order valence-corrected chi connectivity index (χ0v) is 13.7. The predicted molar refractivity (Wildman–Crippen MR) is 93.4 cm³/mol. The highest BCUT2D eigenvalue weighted by atomic mass is 16.2. The summed E-state index contributed by atoms with van der Waals surface area (Å²) >= 11 is 0. The van der Waals surface area contributed by atoms with Gasteiger partial charge in [-0.2, -0.15) is 0 Å². The Balaban J connectivity index is 1.72. The summed E-state index contributed by atoms with van der Waals surface area (Å²) in [5.41, 5.74) is 2.59. The van der Waals surface area contributed by atoms with Crippen LogP contribution in [-0.2, 0) is 11.3 Å². The topological polar surface area (TPSA) is 33.2 Å². The molecule has 1 aliphatic rings. The first-order valence-electron chi connectivity index (χ1n) is 8.52. The average Bonchev–Trinajstić information content (AvgIpc) is 2.61. The van der Waals surface area contributed by atoms with Gasteiger partial charge in [-0.05, 0) is 42.0 Å². The second kappa shape index (κ2) is 7.40. The van der Waals surface area contributed by atoms with Gasteiger partial charge in [0.1, 0.15) is 5.82 Å². The molecule has 0 radical (unpaired) electrons. The lowest BCUT2D eigenvalue weighted by molar-refractivity contribution is -0.116. The first kappa shape index (κ1) is 15.7. The van der Waals surface area contributed by atoms with Gasteiger partial charge >= 0.3 is 0 Å². The molecular formula is C20H24N2O. The summed E-state index contributed by atoms with van der Waals surface area (Å²) in [4.78, 5) is 18.0. The van der Waals surface area contributed by atoms with Crippen molar-refractivity contribution in [1.29, 1.82) is 0 Å². The highest BCUT2D eigenvalue weighted by Gasteiger charge is 2.16. The Hall–Kier alpha value is -2.16. The highest BCUT2D eigenvalue weighted by Crippen LogP contribution is 2.32. The van der Waals surface area contributed by atoms with Crippen LogP contribution < -0.4 is 4.90 Å². The van der Waals surface area contributed by atoms with Gasteiger partial charge in [0.05, 0.1) is 6.54 Å². The molecule has 0 bridgehead atoms. The number of hydrogen-bond donors (Lipinski definition) is 0. The van der Waals surface area contributed by atoms with Crippen LogP contribution in [0.3, 0.4) is 0 Å². The van der Waals surface area contributed by atoms with Gasteiger partial charge in [-0.3, -0.25) is 9.69 Å². The Kier molecular flexibility index (Phi) is 5.06. The van der Waals surface area contributed by atoms with Gasteiger partial charge in [-0.25, -0.2) is 4.98 Å². The summed E-state index contributed by atoms with van der Waals surface area (Å²) in [6, 6.07) is 14.4. The number of rotatable bonds is 4. The number of aromatic nitrogens is 1. The van der Waals surface area contributed by atoms with Crippen molar-refractivity contribution in [3.8, 4) is 0 Å². The summed E-state index contributed by atoms with van der Waals surface area (Å²) in [5.74, 6) is 1.44. The Morgan fingerprint density at radius 1 is 1.09 bits per heavy atom. The molecule has 3 nitrogen and oxygen atoms in total. The van der Waals surface area contributed by atoms with Crippen molar-refractivity contribution in [2.24, 2.45) is 0 Å². The van der Waals surface area contributed by atoms with Crippen LogP contribution in [0.15, 0.2) is 48.7 Å². The summed E-state index contributed by atoms with van der Waals surface area (Å²) in [5, 5.41) is 0. The number of anilines is 1. The molecular weight excluding hydrogens is 284 g/mol. The second-order valence-electron chi connectivity index (χ2n) is 6.37. The lowest BCUT2D eigenvalue weighted by Gasteiger charge is -2.23. The molecule has 1 saturated carbocycles. The largest absolute Gasteiger partial charge is 0.293 e. The third-order valence-corrected chi connectivity index (χ3v) is 4.70. The van der Waals surface area contributed by atoms with E-state index in [1.165, 1.54) is 37.7 Å². The molecule has 120 valence electrons. The van der Waals surface area contributed by atoms with E-state index in [2.05, 4.69) is 29.2 Å². The quantitative estimate of drug-likeness (QED) is 0.821. The molecule has 0 N–H and O–H groups in total. The molecule has 2 aromatic rings. The zero-order valence-electron chi connectivity index (χ0n) is 13.7. The van der Waals surface area contributed by atoms with E-state index in [1.807, 2.05) is 18.2 Å². The van der Waals surface area contributed by atoms with Gasteiger partial charge in [0.25, 0.3) is 0 Å². The Bertz CT molecular complexity index is 630. The third kappa shape index (κ3) is 3.98. The maximum Gasteiger partial charge on any atom is 0.225 e. The standard InChI is InChI=1S/C20H24N2O/c1-16(23)22(20-9-5-6-14-21-20)15-17-10-12-19(13-11-17)18-7-3-2-4-8-18/h5-6,9-14,18H,2-4,7-8,15H2,1H3. The molecule has 1 aromatic carbocycles. The molecule has 1 heterocycles. The molecule has 0 unspecified atom stereocenters. The number of nitrogens with zero attached hydrogens (tertiary/aromatic N) is 2. The minimum absolute atomic E-state index is 0.0139. The fraction of sp³-hybridized carbons (Fsp3) is 0.400. The Labute approximate surface area is 138 Å². The first-order valence-corrected chi connectivity index (χ1v) is 8.52. The molecule has 0 spiro atoms. The van der Waals surface area contributed by atoms with E-state index in [4.69, 9.17) is 0 Å². The predicted octanol–water partition coefficient (Wildman–Crippen LogP) is 4.68. The van der Waals surface area contributed by atoms with Gasteiger partial charge in [-0.1, -0.05) is 49.6 Å². The van der Waals surface area contributed by atoms with E-state index in [9.17, 15) is 4.79 Å². The molecule has 3 rings (SSSR count). The maximum absolute atomic E-state index is 11.9. The van der Waals surface area contributed by atoms with Crippen LogP contribution in [-0.4, -0.2) is 10.9 Å². The molecule has 1 amide bonds. The number of benzene rings is 1. The fourth-order valence-corrected chi connectivity index (χ4v) is 3.38. The zero-order chi connectivity index (χ0) is 16.1. The number of pyridine rings is 1. The number of hydrogen-bond acceptors (Lipinski definition) is 2. The number of carbonyl (C=O) groups is 1. The number of amides is 1. The minimum Gasteiger partial charge on any atom is -0.293 e. The van der Waals surface area contributed by atoms with E-state index in [0.717, 1.165) is 11.5 Å². The van der Waals surface area contributed by atoms with Crippen molar-refractivity contribution >= 4 is 11.7 Å². The molecule has 3 heteroatoms. The first-order chi connectivity index (χ1) is 11.2. The minimum atomic E-state index is 0.0139. The molecule has 23 heavy (non-hydrogen) atoms. The summed E-state index contributed by atoms with van der Waals surface area (Å²) in [7, 11) is 0. The van der Waals surface area contributed by atoms with E-state index in [-0.39, 0.29) is 5.91 Å². The SMILES string of the molecule is CC(=O)N(Cc1ccc(C2CCCCC2)cc1)c1ccccn1. The van der Waals surface area contributed by atoms with Gasteiger partial charge in [-0.15, -0.1) is 0 Å². The summed E-state index contributed by atoms with van der Waals surface area (Å²) < 4.78 is 0. The van der Waals surface area contributed by atoms with Crippen LogP contribution in [0.1, 0.15) is 56.1 Å².